The van der Waals surface area contributed by atoms with Crippen molar-refractivity contribution in [1.29, 1.82) is 0 Å². The van der Waals surface area contributed by atoms with Crippen molar-refractivity contribution in [3.8, 4) is 0 Å². The second kappa shape index (κ2) is 15.9. The van der Waals surface area contributed by atoms with Gasteiger partial charge in [0.1, 0.15) is 17.3 Å². The van der Waals surface area contributed by atoms with Crippen molar-refractivity contribution in [3.63, 3.8) is 0 Å². The fourth-order valence-electron chi connectivity index (χ4n) is 16.6. The molecule has 0 amide bonds. The summed E-state index contributed by atoms with van der Waals surface area (Å²) >= 11 is 0. The maximum absolute atomic E-state index is 13.6. The lowest BCUT2D eigenvalue weighted by molar-refractivity contribution is -0.207. The summed E-state index contributed by atoms with van der Waals surface area (Å²) in [5.74, 6) is 1.52. The van der Waals surface area contributed by atoms with Gasteiger partial charge in [0.2, 0.25) is 0 Å². The Morgan fingerprint density at radius 2 is 1.28 bits per heavy atom. The molecule has 8 aliphatic rings. The van der Waals surface area contributed by atoms with Crippen LogP contribution in [0.3, 0.4) is 0 Å². The first-order chi connectivity index (χ1) is 27.2. The zero-order valence-corrected chi connectivity index (χ0v) is 36.2. The minimum atomic E-state index is -0.792. The van der Waals surface area contributed by atoms with Crippen molar-refractivity contribution in [3.05, 3.63) is 0 Å². The first kappa shape index (κ1) is 43.9. The first-order valence-electron chi connectivity index (χ1n) is 23.2. The highest BCUT2D eigenvalue weighted by Crippen LogP contribution is 2.69. The molecule has 326 valence electrons. The van der Waals surface area contributed by atoms with Crippen LogP contribution in [0.1, 0.15) is 157 Å². The van der Waals surface area contributed by atoms with Crippen LogP contribution in [0, 0.1) is 92.7 Å². The highest BCUT2D eigenvalue weighted by Gasteiger charge is 2.67. The normalized spacial score (nSPS) is 49.1. The summed E-state index contributed by atoms with van der Waals surface area (Å²) in [6.07, 6.45) is 11.3. The molecular formula is C48H74O10. The van der Waals surface area contributed by atoms with Gasteiger partial charge in [-0.05, 0) is 158 Å². The summed E-state index contributed by atoms with van der Waals surface area (Å²) in [7, 11) is 0. The van der Waals surface area contributed by atoms with E-state index in [0.29, 0.717) is 62.2 Å². The number of carboxylic acids is 2. The van der Waals surface area contributed by atoms with Gasteiger partial charge < -0.3 is 25.5 Å². The summed E-state index contributed by atoms with van der Waals surface area (Å²) in [6, 6.07) is 0. The van der Waals surface area contributed by atoms with E-state index in [2.05, 4.69) is 41.5 Å². The van der Waals surface area contributed by atoms with Crippen LogP contribution < -0.4 is 0 Å². The molecule has 0 unspecified atom stereocenters. The van der Waals surface area contributed by atoms with Gasteiger partial charge in [-0.2, -0.15) is 0 Å². The van der Waals surface area contributed by atoms with E-state index in [1.165, 1.54) is 0 Å². The number of fused-ring (bicyclic) bond motifs is 10. The second-order valence-corrected chi connectivity index (χ2v) is 22.3. The van der Waals surface area contributed by atoms with E-state index in [0.717, 1.165) is 64.2 Å². The van der Waals surface area contributed by atoms with E-state index < -0.39 is 23.5 Å². The molecule has 58 heavy (non-hydrogen) atoms. The van der Waals surface area contributed by atoms with Gasteiger partial charge in [-0.1, -0.05) is 41.5 Å². The van der Waals surface area contributed by atoms with Gasteiger partial charge >= 0.3 is 11.9 Å². The maximum atomic E-state index is 13.6. The van der Waals surface area contributed by atoms with Crippen molar-refractivity contribution in [2.45, 2.75) is 175 Å². The van der Waals surface area contributed by atoms with Gasteiger partial charge in [-0.25, -0.2) is 0 Å². The van der Waals surface area contributed by atoms with Crippen LogP contribution in [0.2, 0.25) is 0 Å². The summed E-state index contributed by atoms with van der Waals surface area (Å²) in [5.41, 5.74) is -0.741. The van der Waals surface area contributed by atoms with Crippen molar-refractivity contribution in [2.75, 3.05) is 0 Å². The number of aliphatic hydroxyl groups excluding tert-OH is 3. The van der Waals surface area contributed by atoms with Gasteiger partial charge in [0.25, 0.3) is 0 Å². The third kappa shape index (κ3) is 7.06. The molecule has 8 fully saturated rings. The van der Waals surface area contributed by atoms with Crippen LogP contribution in [0.5, 0.6) is 0 Å². The maximum Gasteiger partial charge on any atom is 0.303 e. The van der Waals surface area contributed by atoms with E-state index in [4.69, 9.17) is 10.2 Å². The predicted molar refractivity (Wildman–Crippen MR) is 217 cm³/mol. The molecule has 19 atom stereocenters. The highest BCUT2D eigenvalue weighted by atomic mass is 16.4. The molecule has 10 nitrogen and oxygen atoms in total. The van der Waals surface area contributed by atoms with E-state index in [9.17, 15) is 39.3 Å². The Bertz CT molecular complexity index is 1630. The van der Waals surface area contributed by atoms with Gasteiger partial charge in [-0.15, -0.1) is 0 Å². The van der Waals surface area contributed by atoms with E-state index >= 15 is 0 Å². The number of hydrogen-bond donors (Lipinski definition) is 5. The monoisotopic (exact) mass is 811 g/mol. The van der Waals surface area contributed by atoms with Gasteiger partial charge in [-0.3, -0.25) is 24.0 Å². The number of aliphatic carboxylic acids is 2. The fraction of sp³-hybridized carbons (Fsp3) is 0.896. The number of ketones is 3. The number of aliphatic hydroxyl groups is 3. The zero-order chi connectivity index (χ0) is 42.3. The van der Waals surface area contributed by atoms with Crippen molar-refractivity contribution >= 4 is 29.3 Å². The smallest absolute Gasteiger partial charge is 0.303 e. The number of Topliss-reactive ketones (excluding diaryl/α,β-unsaturated/α-hetero) is 3. The number of hydrogen-bond acceptors (Lipinski definition) is 8. The Hall–Kier alpha value is -2.17. The molecule has 0 aliphatic heterocycles. The molecule has 0 aromatic carbocycles. The molecule has 10 heteroatoms. The Morgan fingerprint density at radius 1 is 0.672 bits per heavy atom. The quantitative estimate of drug-likeness (QED) is 0.164. The van der Waals surface area contributed by atoms with Crippen LogP contribution in [0.25, 0.3) is 0 Å². The molecule has 8 saturated carbocycles. The Labute approximate surface area is 346 Å². The summed E-state index contributed by atoms with van der Waals surface area (Å²) in [6.45, 7) is 13.1. The predicted octanol–water partition coefficient (Wildman–Crippen LogP) is 7.52. The van der Waals surface area contributed by atoms with Gasteiger partial charge in [0, 0.05) is 49.9 Å². The zero-order valence-electron chi connectivity index (χ0n) is 36.2. The molecule has 0 bridgehead atoms. The van der Waals surface area contributed by atoms with Crippen molar-refractivity contribution in [2.24, 2.45) is 92.7 Å². The highest BCUT2D eigenvalue weighted by molar-refractivity contribution is 5.93. The molecule has 0 aromatic rings. The summed E-state index contributed by atoms with van der Waals surface area (Å²) < 4.78 is 0. The van der Waals surface area contributed by atoms with Crippen LogP contribution in [0.15, 0.2) is 0 Å². The SMILES string of the molecule is C[C@H](CCC(=O)O)[C@H]1CC[C@H]2[C@@H]3C(=O)C[C@@H]4CC(=O)CC[C@]4(C)[C@H]3CC(=O)[C@]12C.C[C@H](CCC(=O)O)[C@H]1CC[C@H]2[C@@H]3[C@H](O)C[C@@H]4C[C@H](O)CC[C@]4(C)[C@H]3C[C@@H](O)[C@]12C. The van der Waals surface area contributed by atoms with Gasteiger partial charge in [0.15, 0.2) is 0 Å². The second-order valence-electron chi connectivity index (χ2n) is 22.3. The third-order valence-electron chi connectivity index (χ3n) is 20.1. The van der Waals surface area contributed by atoms with Crippen LogP contribution >= 0.6 is 0 Å². The molecule has 8 aliphatic carbocycles. The van der Waals surface area contributed by atoms with E-state index in [1.54, 1.807) is 0 Å². The Morgan fingerprint density at radius 3 is 1.93 bits per heavy atom. The van der Waals surface area contributed by atoms with Crippen molar-refractivity contribution < 1.29 is 49.5 Å². The average Bonchev–Trinajstić information content (AvgIpc) is 3.70. The summed E-state index contributed by atoms with van der Waals surface area (Å²) in [5, 5.41) is 51.1. The number of rotatable bonds is 8. The number of carbonyl (C=O) groups excluding carboxylic acids is 3. The Kier molecular flexibility index (Phi) is 12.1. The van der Waals surface area contributed by atoms with Crippen molar-refractivity contribution in [1.82, 2.24) is 0 Å². The minimum Gasteiger partial charge on any atom is -0.481 e. The third-order valence-corrected chi connectivity index (χ3v) is 20.1. The largest absolute Gasteiger partial charge is 0.481 e. The minimum absolute atomic E-state index is 0.0659. The molecule has 0 aromatic heterocycles. The molecular weight excluding hydrogens is 737 g/mol. The molecule has 5 N–H and O–H groups in total. The lowest BCUT2D eigenvalue weighted by Crippen LogP contribution is -2.62. The topological polar surface area (TPSA) is 186 Å². The average molecular weight is 811 g/mol. The lowest BCUT2D eigenvalue weighted by Gasteiger charge is -2.63. The lowest BCUT2D eigenvalue weighted by atomic mass is 9.43. The molecule has 0 saturated heterocycles. The van der Waals surface area contributed by atoms with Gasteiger partial charge in [0.05, 0.1) is 18.3 Å². The molecule has 0 spiro atoms. The standard InChI is InChI=1S/C24H40O5.C24H34O5/c2*1-13(4-7-21(28)29)16-5-6-17-22-18(12-20(27)24(16,17)3)23(2)9-8-15(25)10-14(23)11-19(22)26/h13-20,22,25-27H,4-12H2,1-3H3,(H,28,29);13-14,16-18,22H,4-12H2,1-3H3,(H,28,29)/t13-,14+,15-,16-,17+,18+,19-,20-,22+,23+,24-;13-,14+,16-,17+,18+,22+,23+,24-/m11/s1. The number of carbonyl (C=O) groups is 5. The van der Waals surface area contributed by atoms with E-state index in [-0.39, 0.29) is 106 Å². The van der Waals surface area contributed by atoms with Crippen LogP contribution in [-0.4, -0.2) is 73.1 Å². The first-order valence-corrected chi connectivity index (χ1v) is 23.2. The van der Waals surface area contributed by atoms with Crippen LogP contribution in [0.4, 0.5) is 0 Å². The molecule has 0 radical (unpaired) electrons. The fourth-order valence-corrected chi connectivity index (χ4v) is 16.6. The van der Waals surface area contributed by atoms with E-state index in [1.807, 2.05) is 0 Å². The summed E-state index contributed by atoms with van der Waals surface area (Å²) in [4.78, 5) is 61.0. The molecule has 0 heterocycles. The van der Waals surface area contributed by atoms with Crippen LogP contribution in [-0.2, 0) is 24.0 Å². The Balaban J connectivity index is 0.000000177. The number of carboxylic acid groups (broad SMARTS) is 2. The molecule has 8 rings (SSSR count).